The summed E-state index contributed by atoms with van der Waals surface area (Å²) in [7, 11) is 4.36. The van der Waals surface area contributed by atoms with Gasteiger partial charge < -0.3 is 10.2 Å². The zero-order valence-electron chi connectivity index (χ0n) is 12.8. The fourth-order valence-electron chi connectivity index (χ4n) is 2.72. The predicted molar refractivity (Wildman–Crippen MR) is 88.9 cm³/mol. The minimum Gasteiger partial charge on any atom is -0.313 e. The Morgan fingerprint density at radius 1 is 1.40 bits per heavy atom. The molecule has 1 heterocycles. The van der Waals surface area contributed by atoms with Crippen LogP contribution in [0, 0.1) is 0 Å². The van der Waals surface area contributed by atoms with Crippen LogP contribution < -0.4 is 5.32 Å². The van der Waals surface area contributed by atoms with Gasteiger partial charge in [0.25, 0.3) is 0 Å². The number of likely N-dealkylation sites (tertiary alicyclic amines) is 1. The Balaban J connectivity index is 1.93. The Labute approximate surface area is 131 Å². The van der Waals surface area contributed by atoms with E-state index in [1.54, 1.807) is 0 Å². The lowest BCUT2D eigenvalue weighted by molar-refractivity contribution is 0.264. The van der Waals surface area contributed by atoms with Crippen LogP contribution in [-0.2, 0) is 13.1 Å². The van der Waals surface area contributed by atoms with E-state index in [4.69, 9.17) is 0 Å². The molecule has 1 aromatic rings. The van der Waals surface area contributed by atoms with Gasteiger partial charge in [0.2, 0.25) is 0 Å². The molecule has 0 spiro atoms. The average molecular weight is 340 g/mol. The average Bonchev–Trinajstić information content (AvgIpc) is 2.88. The maximum absolute atomic E-state index is 3.73. The fraction of sp³-hybridized carbons (Fsp3) is 0.625. The number of halogens is 1. The lowest BCUT2D eigenvalue weighted by atomic mass is 10.1. The largest absolute Gasteiger partial charge is 0.313 e. The molecule has 0 saturated carbocycles. The van der Waals surface area contributed by atoms with Gasteiger partial charge in [-0.25, -0.2) is 0 Å². The van der Waals surface area contributed by atoms with Gasteiger partial charge in [-0.2, -0.15) is 0 Å². The minimum absolute atomic E-state index is 0.710. The summed E-state index contributed by atoms with van der Waals surface area (Å²) in [5.41, 5.74) is 2.74. The molecule has 1 N–H and O–H groups in total. The van der Waals surface area contributed by atoms with E-state index in [-0.39, 0.29) is 0 Å². The van der Waals surface area contributed by atoms with E-state index in [1.165, 1.54) is 35.1 Å². The van der Waals surface area contributed by atoms with Gasteiger partial charge in [-0.3, -0.25) is 4.90 Å². The zero-order chi connectivity index (χ0) is 14.5. The van der Waals surface area contributed by atoms with Crippen molar-refractivity contribution in [3.63, 3.8) is 0 Å². The van der Waals surface area contributed by atoms with Gasteiger partial charge in [0, 0.05) is 36.7 Å². The first kappa shape index (κ1) is 16.0. The molecule has 0 radical (unpaired) electrons. The van der Waals surface area contributed by atoms with Crippen molar-refractivity contribution >= 4 is 15.9 Å². The molecule has 0 amide bonds. The maximum atomic E-state index is 3.73. The molecule has 0 aliphatic carbocycles. The van der Waals surface area contributed by atoms with E-state index in [0.717, 1.165) is 19.6 Å². The molecular weight excluding hydrogens is 314 g/mol. The van der Waals surface area contributed by atoms with Crippen LogP contribution in [0.3, 0.4) is 0 Å². The lowest BCUT2D eigenvalue weighted by Gasteiger charge is -2.21. The van der Waals surface area contributed by atoms with Crippen LogP contribution in [0.15, 0.2) is 22.7 Å². The standard InChI is InChI=1S/C16H26BrN3/c1-4-18-10-13-5-6-14(16(17)9-13)11-20-8-7-15(12-20)19(2)3/h5-6,9,15,18H,4,7-8,10-12H2,1-3H3. The molecule has 1 aromatic carbocycles. The van der Waals surface area contributed by atoms with Crippen LogP contribution in [0.25, 0.3) is 0 Å². The van der Waals surface area contributed by atoms with Gasteiger partial charge in [0.05, 0.1) is 0 Å². The van der Waals surface area contributed by atoms with Gasteiger partial charge in [0.15, 0.2) is 0 Å². The highest BCUT2D eigenvalue weighted by Crippen LogP contribution is 2.23. The summed E-state index contributed by atoms with van der Waals surface area (Å²) in [6.45, 7) is 7.53. The third-order valence-electron chi connectivity index (χ3n) is 4.07. The molecule has 4 heteroatoms. The Morgan fingerprint density at radius 3 is 2.80 bits per heavy atom. The zero-order valence-corrected chi connectivity index (χ0v) is 14.4. The summed E-state index contributed by atoms with van der Waals surface area (Å²) in [6, 6.07) is 7.46. The number of hydrogen-bond acceptors (Lipinski definition) is 3. The molecular formula is C16H26BrN3. The molecule has 1 aliphatic rings. The molecule has 1 aliphatic heterocycles. The molecule has 0 bridgehead atoms. The van der Waals surface area contributed by atoms with Crippen molar-refractivity contribution in [1.29, 1.82) is 0 Å². The van der Waals surface area contributed by atoms with E-state index < -0.39 is 0 Å². The van der Waals surface area contributed by atoms with Crippen LogP contribution in [0.2, 0.25) is 0 Å². The Bertz CT molecular complexity index is 434. The van der Waals surface area contributed by atoms with Crippen molar-refractivity contribution in [3.8, 4) is 0 Å². The number of rotatable bonds is 6. The first-order valence-electron chi connectivity index (χ1n) is 7.47. The fourth-order valence-corrected chi connectivity index (χ4v) is 3.27. The summed E-state index contributed by atoms with van der Waals surface area (Å²) in [6.07, 6.45) is 1.28. The number of nitrogens with one attached hydrogen (secondary N) is 1. The van der Waals surface area contributed by atoms with Gasteiger partial charge >= 0.3 is 0 Å². The van der Waals surface area contributed by atoms with Crippen LogP contribution in [0.4, 0.5) is 0 Å². The highest BCUT2D eigenvalue weighted by molar-refractivity contribution is 9.10. The summed E-state index contributed by atoms with van der Waals surface area (Å²) >= 11 is 3.73. The van der Waals surface area contributed by atoms with Crippen molar-refractivity contribution in [2.45, 2.75) is 32.5 Å². The van der Waals surface area contributed by atoms with Crippen molar-refractivity contribution in [3.05, 3.63) is 33.8 Å². The second-order valence-corrected chi connectivity index (χ2v) is 6.70. The van der Waals surface area contributed by atoms with Crippen LogP contribution in [0.5, 0.6) is 0 Å². The second-order valence-electron chi connectivity index (χ2n) is 5.85. The smallest absolute Gasteiger partial charge is 0.0245 e. The van der Waals surface area contributed by atoms with Crippen LogP contribution in [0.1, 0.15) is 24.5 Å². The number of nitrogens with zero attached hydrogens (tertiary/aromatic N) is 2. The van der Waals surface area contributed by atoms with Crippen molar-refractivity contribution < 1.29 is 0 Å². The molecule has 1 fully saturated rings. The molecule has 0 aromatic heterocycles. The topological polar surface area (TPSA) is 18.5 Å². The molecule has 1 saturated heterocycles. The normalized spacial score (nSPS) is 19.9. The number of hydrogen-bond donors (Lipinski definition) is 1. The first-order chi connectivity index (χ1) is 9.60. The third-order valence-corrected chi connectivity index (χ3v) is 4.81. The van der Waals surface area contributed by atoms with Gasteiger partial charge in [0.1, 0.15) is 0 Å². The molecule has 20 heavy (non-hydrogen) atoms. The summed E-state index contributed by atoms with van der Waals surface area (Å²) in [4.78, 5) is 4.89. The summed E-state index contributed by atoms with van der Waals surface area (Å²) in [5.74, 6) is 0. The van der Waals surface area contributed by atoms with Crippen LogP contribution >= 0.6 is 15.9 Å². The van der Waals surface area contributed by atoms with Crippen molar-refractivity contribution in [2.24, 2.45) is 0 Å². The van der Waals surface area contributed by atoms with E-state index in [0.29, 0.717) is 6.04 Å². The number of benzene rings is 1. The van der Waals surface area contributed by atoms with E-state index >= 15 is 0 Å². The maximum Gasteiger partial charge on any atom is 0.0245 e. The highest BCUT2D eigenvalue weighted by atomic mass is 79.9. The Kier molecular flexibility index (Phi) is 6.02. The molecule has 2 rings (SSSR count). The minimum atomic E-state index is 0.710. The van der Waals surface area contributed by atoms with Crippen molar-refractivity contribution in [1.82, 2.24) is 15.1 Å². The first-order valence-corrected chi connectivity index (χ1v) is 8.26. The molecule has 1 atom stereocenters. The SMILES string of the molecule is CCNCc1ccc(CN2CCC(N(C)C)C2)c(Br)c1. The second kappa shape index (κ2) is 7.55. The predicted octanol–water partition coefficient (Wildman–Crippen LogP) is 2.69. The van der Waals surface area contributed by atoms with E-state index in [9.17, 15) is 0 Å². The van der Waals surface area contributed by atoms with Crippen molar-refractivity contribution in [2.75, 3.05) is 33.7 Å². The van der Waals surface area contributed by atoms with Crippen LogP contribution in [-0.4, -0.2) is 49.6 Å². The Hall–Kier alpha value is -0.420. The van der Waals surface area contributed by atoms with Gasteiger partial charge in [-0.15, -0.1) is 0 Å². The monoisotopic (exact) mass is 339 g/mol. The van der Waals surface area contributed by atoms with E-state index in [2.05, 4.69) is 70.3 Å². The third kappa shape index (κ3) is 4.29. The summed E-state index contributed by atoms with van der Waals surface area (Å²) < 4.78 is 1.24. The number of likely N-dealkylation sites (N-methyl/N-ethyl adjacent to an activating group) is 1. The lowest BCUT2D eigenvalue weighted by Crippen LogP contribution is -2.31. The molecule has 112 valence electrons. The quantitative estimate of drug-likeness (QED) is 0.859. The Morgan fingerprint density at radius 2 is 2.20 bits per heavy atom. The van der Waals surface area contributed by atoms with Gasteiger partial charge in [-0.05, 0) is 44.3 Å². The van der Waals surface area contributed by atoms with Gasteiger partial charge in [-0.1, -0.05) is 35.0 Å². The summed E-state index contributed by atoms with van der Waals surface area (Å²) in [5, 5.41) is 3.37. The molecule has 1 unspecified atom stereocenters. The van der Waals surface area contributed by atoms with E-state index in [1.807, 2.05) is 0 Å². The highest BCUT2D eigenvalue weighted by Gasteiger charge is 2.24. The molecule has 3 nitrogen and oxygen atoms in total.